The lowest BCUT2D eigenvalue weighted by molar-refractivity contribution is -0.136. The molecule has 2 heterocycles. The standard InChI is InChI=1S/C21H31N3O3/c1-3-27-21(26)24-14-8-10-18(16-24)20(25)22(2)15-17-9-4-5-11-19(17)23-12-6-7-13-23/h4-5,9,11,18H,3,6-8,10,12-16H2,1-2H3. The molecule has 0 bridgehead atoms. The minimum atomic E-state index is -0.308. The van der Waals surface area contributed by atoms with Gasteiger partial charge in [-0.2, -0.15) is 0 Å². The third kappa shape index (κ3) is 4.73. The summed E-state index contributed by atoms with van der Waals surface area (Å²) in [5.74, 6) is -0.0349. The van der Waals surface area contributed by atoms with Gasteiger partial charge in [-0.05, 0) is 44.2 Å². The highest BCUT2D eigenvalue weighted by Crippen LogP contribution is 2.26. The Morgan fingerprint density at radius 2 is 1.89 bits per heavy atom. The van der Waals surface area contributed by atoms with Crippen molar-refractivity contribution in [1.82, 2.24) is 9.80 Å². The van der Waals surface area contributed by atoms with Crippen LogP contribution in [0.1, 0.15) is 38.2 Å². The fraction of sp³-hybridized carbons (Fsp3) is 0.619. The van der Waals surface area contributed by atoms with Crippen LogP contribution in [0.3, 0.4) is 0 Å². The molecule has 0 saturated carbocycles. The van der Waals surface area contributed by atoms with E-state index in [0.717, 1.165) is 25.9 Å². The Balaban J connectivity index is 1.63. The number of nitrogens with zero attached hydrogens (tertiary/aromatic N) is 3. The van der Waals surface area contributed by atoms with E-state index in [2.05, 4.69) is 23.1 Å². The normalized spacial score (nSPS) is 19.9. The summed E-state index contributed by atoms with van der Waals surface area (Å²) in [7, 11) is 1.87. The Hall–Kier alpha value is -2.24. The van der Waals surface area contributed by atoms with Crippen LogP contribution in [0.2, 0.25) is 0 Å². The Labute approximate surface area is 162 Å². The summed E-state index contributed by atoms with van der Waals surface area (Å²) in [4.78, 5) is 30.9. The molecule has 0 N–H and O–H groups in total. The number of benzene rings is 1. The summed E-state index contributed by atoms with van der Waals surface area (Å²) in [6.07, 6.45) is 3.82. The minimum absolute atomic E-state index is 0.111. The van der Waals surface area contributed by atoms with Crippen LogP contribution in [0.15, 0.2) is 24.3 Å². The third-order valence-electron chi connectivity index (χ3n) is 5.52. The predicted molar refractivity (Wildman–Crippen MR) is 106 cm³/mol. The summed E-state index contributed by atoms with van der Waals surface area (Å²) in [6, 6.07) is 8.37. The minimum Gasteiger partial charge on any atom is -0.450 e. The Kier molecular flexibility index (Phi) is 6.58. The lowest BCUT2D eigenvalue weighted by atomic mass is 9.96. The second kappa shape index (κ2) is 9.11. The van der Waals surface area contributed by atoms with Gasteiger partial charge in [0.1, 0.15) is 0 Å². The number of piperidine rings is 1. The zero-order valence-electron chi connectivity index (χ0n) is 16.5. The first-order valence-corrected chi connectivity index (χ1v) is 10.1. The molecule has 1 atom stereocenters. The first-order valence-electron chi connectivity index (χ1n) is 10.1. The maximum absolute atomic E-state index is 13.0. The van der Waals surface area contributed by atoms with Crippen LogP contribution in [0.25, 0.3) is 0 Å². The number of carbonyl (C=O) groups is 2. The number of likely N-dealkylation sites (tertiary alicyclic amines) is 1. The molecule has 0 spiro atoms. The second-order valence-electron chi connectivity index (χ2n) is 7.50. The molecule has 0 aliphatic carbocycles. The lowest BCUT2D eigenvalue weighted by Gasteiger charge is -2.33. The van der Waals surface area contributed by atoms with E-state index in [1.165, 1.54) is 24.1 Å². The van der Waals surface area contributed by atoms with E-state index in [1.807, 2.05) is 18.0 Å². The number of hydrogen-bond donors (Lipinski definition) is 0. The van der Waals surface area contributed by atoms with Crippen LogP contribution in [0.5, 0.6) is 0 Å². The quantitative estimate of drug-likeness (QED) is 0.796. The molecule has 27 heavy (non-hydrogen) atoms. The fourth-order valence-electron chi connectivity index (χ4n) is 4.12. The summed E-state index contributed by atoms with van der Waals surface area (Å²) in [5.41, 5.74) is 2.43. The third-order valence-corrected chi connectivity index (χ3v) is 5.52. The van der Waals surface area contributed by atoms with E-state index < -0.39 is 0 Å². The second-order valence-corrected chi connectivity index (χ2v) is 7.50. The van der Waals surface area contributed by atoms with Crippen molar-refractivity contribution >= 4 is 17.7 Å². The first-order chi connectivity index (χ1) is 13.1. The number of anilines is 1. The van der Waals surface area contributed by atoms with Crippen LogP contribution in [-0.4, -0.2) is 61.6 Å². The topological polar surface area (TPSA) is 53.1 Å². The molecule has 0 radical (unpaired) electrons. The van der Waals surface area contributed by atoms with Gasteiger partial charge in [0.05, 0.1) is 12.5 Å². The first kappa shape index (κ1) is 19.5. The van der Waals surface area contributed by atoms with Crippen LogP contribution < -0.4 is 4.90 Å². The van der Waals surface area contributed by atoms with Crippen LogP contribution >= 0.6 is 0 Å². The number of para-hydroxylation sites is 1. The Morgan fingerprint density at radius 1 is 1.15 bits per heavy atom. The van der Waals surface area contributed by atoms with Gasteiger partial charge in [-0.25, -0.2) is 4.79 Å². The van der Waals surface area contributed by atoms with Gasteiger partial charge in [0, 0.05) is 45.5 Å². The molecule has 6 heteroatoms. The van der Waals surface area contributed by atoms with Gasteiger partial charge in [0.2, 0.25) is 5.91 Å². The van der Waals surface area contributed by atoms with E-state index in [0.29, 0.717) is 26.2 Å². The highest BCUT2D eigenvalue weighted by atomic mass is 16.6. The fourth-order valence-corrected chi connectivity index (χ4v) is 4.12. The summed E-state index contributed by atoms with van der Waals surface area (Å²) in [6.45, 7) is 6.07. The monoisotopic (exact) mass is 373 g/mol. The molecule has 6 nitrogen and oxygen atoms in total. The van der Waals surface area contributed by atoms with Crippen molar-refractivity contribution in [3.05, 3.63) is 29.8 Å². The molecule has 1 aromatic rings. The summed E-state index contributed by atoms with van der Waals surface area (Å²) in [5, 5.41) is 0. The van der Waals surface area contributed by atoms with Crippen molar-refractivity contribution in [2.45, 2.75) is 39.2 Å². The van der Waals surface area contributed by atoms with E-state index in [1.54, 1.807) is 11.8 Å². The van der Waals surface area contributed by atoms with Crippen LogP contribution in [0.4, 0.5) is 10.5 Å². The van der Waals surface area contributed by atoms with Gasteiger partial charge in [-0.15, -0.1) is 0 Å². The average Bonchev–Trinajstić information content (AvgIpc) is 3.22. The largest absolute Gasteiger partial charge is 0.450 e. The highest BCUT2D eigenvalue weighted by molar-refractivity contribution is 5.80. The van der Waals surface area contributed by atoms with E-state index in [-0.39, 0.29) is 17.9 Å². The van der Waals surface area contributed by atoms with Gasteiger partial charge >= 0.3 is 6.09 Å². The molecule has 148 valence electrons. The van der Waals surface area contributed by atoms with Crippen LogP contribution in [0, 0.1) is 5.92 Å². The lowest BCUT2D eigenvalue weighted by Crippen LogP contribution is -2.46. The number of rotatable bonds is 5. The Bertz CT molecular complexity index is 658. The molecule has 1 unspecified atom stereocenters. The van der Waals surface area contributed by atoms with Crippen molar-refractivity contribution in [2.24, 2.45) is 5.92 Å². The molecule has 3 rings (SSSR count). The summed E-state index contributed by atoms with van der Waals surface area (Å²) >= 11 is 0. The molecule has 2 aliphatic heterocycles. The van der Waals surface area contributed by atoms with Crippen molar-refractivity contribution in [3.63, 3.8) is 0 Å². The van der Waals surface area contributed by atoms with Crippen molar-refractivity contribution in [2.75, 3.05) is 44.7 Å². The van der Waals surface area contributed by atoms with E-state index in [4.69, 9.17) is 4.74 Å². The van der Waals surface area contributed by atoms with Gasteiger partial charge in [0.15, 0.2) is 0 Å². The van der Waals surface area contributed by atoms with Gasteiger partial charge in [-0.3, -0.25) is 4.79 Å². The molecule has 1 aromatic carbocycles. The average molecular weight is 373 g/mol. The van der Waals surface area contributed by atoms with Crippen molar-refractivity contribution in [3.8, 4) is 0 Å². The van der Waals surface area contributed by atoms with Gasteiger partial charge in [0.25, 0.3) is 0 Å². The van der Waals surface area contributed by atoms with E-state index >= 15 is 0 Å². The molecule has 0 aromatic heterocycles. The molecule has 2 amide bonds. The SMILES string of the molecule is CCOC(=O)N1CCCC(C(=O)N(C)Cc2ccccc2N2CCCC2)C1. The molecule has 2 aliphatic rings. The van der Waals surface area contributed by atoms with Crippen molar-refractivity contribution < 1.29 is 14.3 Å². The molecule has 2 saturated heterocycles. The predicted octanol–water partition coefficient (Wildman–Crippen LogP) is 3.11. The van der Waals surface area contributed by atoms with Gasteiger partial charge < -0.3 is 19.4 Å². The number of ether oxygens (including phenoxy) is 1. The van der Waals surface area contributed by atoms with E-state index in [9.17, 15) is 9.59 Å². The highest BCUT2D eigenvalue weighted by Gasteiger charge is 2.31. The number of carbonyl (C=O) groups excluding carboxylic acids is 2. The number of hydrogen-bond acceptors (Lipinski definition) is 4. The number of amides is 2. The van der Waals surface area contributed by atoms with Crippen molar-refractivity contribution in [1.29, 1.82) is 0 Å². The Morgan fingerprint density at radius 3 is 2.63 bits per heavy atom. The molecule has 2 fully saturated rings. The van der Waals surface area contributed by atoms with Crippen LogP contribution in [-0.2, 0) is 16.1 Å². The molecular weight excluding hydrogens is 342 g/mol. The smallest absolute Gasteiger partial charge is 0.409 e. The van der Waals surface area contributed by atoms with Gasteiger partial charge in [-0.1, -0.05) is 18.2 Å². The summed E-state index contributed by atoms with van der Waals surface area (Å²) < 4.78 is 5.09. The maximum atomic E-state index is 13.0. The maximum Gasteiger partial charge on any atom is 0.409 e. The zero-order chi connectivity index (χ0) is 19.2. The molecular formula is C21H31N3O3. The zero-order valence-corrected chi connectivity index (χ0v) is 16.5.